The molecule has 0 amide bonds. The Hall–Kier alpha value is -0.550. The van der Waals surface area contributed by atoms with E-state index in [0.29, 0.717) is 0 Å². The van der Waals surface area contributed by atoms with Gasteiger partial charge in [0.1, 0.15) is 0 Å². The average molecular weight is 96.1 g/mol. The standard InChI is InChI=1S/C5H8N2/c1-2-6-4-5-7-3-1/h4,6H,1-3H2/q+1. The summed E-state index contributed by atoms with van der Waals surface area (Å²) in [5.74, 6) is 0. The maximum Gasteiger partial charge on any atom is 0.294 e. The van der Waals surface area contributed by atoms with Gasteiger partial charge in [-0.3, -0.25) is 5.32 Å². The van der Waals surface area contributed by atoms with Crippen LogP contribution in [0.15, 0.2) is 0 Å². The SMILES string of the molecule is C1#[N+]CCCN[CH]1. The molecule has 1 rings (SSSR count). The first-order valence-electron chi connectivity index (χ1n) is 2.47. The molecule has 0 fully saturated rings. The Morgan fingerprint density at radius 1 is 1.71 bits per heavy atom. The van der Waals surface area contributed by atoms with Crippen LogP contribution in [0.1, 0.15) is 6.42 Å². The van der Waals surface area contributed by atoms with Gasteiger partial charge in [-0.15, -0.1) is 0 Å². The summed E-state index contributed by atoms with van der Waals surface area (Å²) < 4.78 is 0. The highest BCUT2D eigenvalue weighted by Gasteiger charge is 1.97. The van der Waals surface area contributed by atoms with E-state index < -0.39 is 0 Å². The van der Waals surface area contributed by atoms with Gasteiger partial charge >= 0.3 is 0 Å². The highest BCUT2D eigenvalue weighted by molar-refractivity contribution is 5.01. The van der Waals surface area contributed by atoms with Crippen molar-refractivity contribution < 1.29 is 0 Å². The molecule has 2 heteroatoms. The molecule has 2 nitrogen and oxygen atoms in total. The van der Waals surface area contributed by atoms with Crippen LogP contribution in [0.2, 0.25) is 0 Å². The largest absolute Gasteiger partial charge is 0.296 e. The van der Waals surface area contributed by atoms with Crippen molar-refractivity contribution in [2.45, 2.75) is 6.42 Å². The molecule has 0 aromatic heterocycles. The van der Waals surface area contributed by atoms with Gasteiger partial charge < -0.3 is 0 Å². The van der Waals surface area contributed by atoms with E-state index >= 15 is 0 Å². The van der Waals surface area contributed by atoms with Crippen molar-refractivity contribution in [2.75, 3.05) is 13.1 Å². The lowest BCUT2D eigenvalue weighted by molar-refractivity contribution is 0.784. The zero-order valence-corrected chi connectivity index (χ0v) is 4.15. The maximum atomic E-state index is 3.90. The van der Waals surface area contributed by atoms with Gasteiger partial charge in [0.2, 0.25) is 0 Å². The number of hydrogen-bond acceptors (Lipinski definition) is 1. The van der Waals surface area contributed by atoms with Crippen LogP contribution in [-0.2, 0) is 0 Å². The fraction of sp³-hybridized carbons (Fsp3) is 0.600. The van der Waals surface area contributed by atoms with E-state index in [4.69, 9.17) is 0 Å². The summed E-state index contributed by atoms with van der Waals surface area (Å²) in [7, 11) is 0. The minimum atomic E-state index is 0.920. The van der Waals surface area contributed by atoms with Gasteiger partial charge in [-0.2, -0.15) is 0 Å². The normalized spacial score (nSPS) is 19.4. The molecule has 1 aliphatic heterocycles. The Morgan fingerprint density at radius 2 is 2.71 bits per heavy atom. The van der Waals surface area contributed by atoms with E-state index in [1.54, 1.807) is 6.54 Å². The van der Waals surface area contributed by atoms with Crippen molar-refractivity contribution >= 4 is 0 Å². The van der Waals surface area contributed by atoms with Crippen molar-refractivity contribution in [3.8, 4) is 6.07 Å². The van der Waals surface area contributed by atoms with Crippen LogP contribution in [0, 0.1) is 12.6 Å². The van der Waals surface area contributed by atoms with E-state index in [1.807, 2.05) is 0 Å². The van der Waals surface area contributed by atoms with Crippen LogP contribution in [-0.4, -0.2) is 13.1 Å². The molecule has 0 aliphatic carbocycles. The monoisotopic (exact) mass is 96.1 g/mol. The molecule has 1 heterocycles. The average Bonchev–Trinajstić information content (AvgIpc) is 1.90. The highest BCUT2D eigenvalue weighted by atomic mass is 14.9. The highest BCUT2D eigenvalue weighted by Crippen LogP contribution is 1.83. The first kappa shape index (κ1) is 4.61. The lowest BCUT2D eigenvalue weighted by Crippen LogP contribution is -2.08. The van der Waals surface area contributed by atoms with Crippen LogP contribution >= 0.6 is 0 Å². The van der Waals surface area contributed by atoms with Crippen molar-refractivity contribution in [3.63, 3.8) is 0 Å². The van der Waals surface area contributed by atoms with E-state index in [2.05, 4.69) is 16.2 Å². The van der Waals surface area contributed by atoms with E-state index in [1.165, 1.54) is 0 Å². The Morgan fingerprint density at radius 3 is 3.71 bits per heavy atom. The van der Waals surface area contributed by atoms with Crippen molar-refractivity contribution in [3.05, 3.63) is 11.4 Å². The van der Waals surface area contributed by atoms with Crippen LogP contribution < -0.4 is 5.32 Å². The second kappa shape index (κ2) is 2.59. The van der Waals surface area contributed by atoms with Crippen LogP contribution in [0.5, 0.6) is 0 Å². The Kier molecular flexibility index (Phi) is 1.71. The molecule has 0 spiro atoms. The second-order valence-corrected chi connectivity index (χ2v) is 1.46. The van der Waals surface area contributed by atoms with Gasteiger partial charge in [-0.1, -0.05) is 4.85 Å². The first-order valence-corrected chi connectivity index (χ1v) is 2.47. The third kappa shape index (κ3) is 1.56. The van der Waals surface area contributed by atoms with Gasteiger partial charge in [-0.25, -0.2) is 0 Å². The van der Waals surface area contributed by atoms with Crippen LogP contribution in [0.25, 0.3) is 4.85 Å². The van der Waals surface area contributed by atoms with Crippen LogP contribution in [0.4, 0.5) is 0 Å². The summed E-state index contributed by atoms with van der Waals surface area (Å²) in [4.78, 5) is 3.90. The Bertz CT molecular complexity index is 88.4. The van der Waals surface area contributed by atoms with Gasteiger partial charge in [-0.05, 0) is 0 Å². The summed E-state index contributed by atoms with van der Waals surface area (Å²) >= 11 is 0. The number of nitrogens with one attached hydrogen (secondary N) is 1. The summed E-state index contributed by atoms with van der Waals surface area (Å²) in [6.07, 6.45) is 1.13. The molecule has 37 valence electrons. The molecule has 0 aromatic rings. The molecule has 7 heavy (non-hydrogen) atoms. The molecule has 0 saturated carbocycles. The summed E-state index contributed by atoms with van der Waals surface area (Å²) in [5.41, 5.74) is 0. The van der Waals surface area contributed by atoms with Gasteiger partial charge in [0.25, 0.3) is 12.6 Å². The molecule has 1 N–H and O–H groups in total. The second-order valence-electron chi connectivity index (χ2n) is 1.46. The summed E-state index contributed by atoms with van der Waals surface area (Å²) in [5, 5.41) is 3.02. The predicted molar refractivity (Wildman–Crippen MR) is 29.0 cm³/mol. The molecular weight excluding hydrogens is 88.1 g/mol. The zero-order chi connectivity index (χ0) is 4.95. The molecule has 1 radical (unpaired) electrons. The minimum Gasteiger partial charge on any atom is -0.296 e. The van der Waals surface area contributed by atoms with Crippen molar-refractivity contribution in [1.29, 1.82) is 0 Å². The molecule has 0 saturated heterocycles. The number of hydrogen-bond donors (Lipinski definition) is 1. The zero-order valence-electron chi connectivity index (χ0n) is 4.15. The number of nitrogens with zero attached hydrogens (tertiary/aromatic N) is 1. The molecule has 0 aromatic carbocycles. The van der Waals surface area contributed by atoms with Gasteiger partial charge in [0, 0.05) is 13.0 Å². The van der Waals surface area contributed by atoms with E-state index in [0.717, 1.165) is 19.5 Å². The number of rotatable bonds is 0. The Balaban J connectivity index is 2.26. The van der Waals surface area contributed by atoms with E-state index in [-0.39, 0.29) is 0 Å². The maximum absolute atomic E-state index is 3.90. The molecule has 0 bridgehead atoms. The topological polar surface area (TPSA) is 16.4 Å². The van der Waals surface area contributed by atoms with E-state index in [9.17, 15) is 0 Å². The fourth-order valence-electron chi connectivity index (χ4n) is 0.488. The smallest absolute Gasteiger partial charge is 0.294 e. The molecule has 0 atom stereocenters. The van der Waals surface area contributed by atoms with Crippen molar-refractivity contribution in [1.82, 2.24) is 5.32 Å². The lowest BCUT2D eigenvalue weighted by Gasteiger charge is -1.84. The molecule has 0 unspecified atom stereocenters. The van der Waals surface area contributed by atoms with Crippen LogP contribution in [0.3, 0.4) is 0 Å². The van der Waals surface area contributed by atoms with Gasteiger partial charge in [0.15, 0.2) is 6.54 Å². The third-order valence-electron chi connectivity index (χ3n) is 0.849. The molecular formula is C5H8N2+. The lowest BCUT2D eigenvalue weighted by atomic mass is 10.4. The van der Waals surface area contributed by atoms with Crippen molar-refractivity contribution in [2.24, 2.45) is 0 Å². The quantitative estimate of drug-likeness (QED) is 0.464. The fourth-order valence-corrected chi connectivity index (χ4v) is 0.488. The summed E-state index contributed by atoms with van der Waals surface area (Å²) in [6, 6.07) is 2.74. The minimum absolute atomic E-state index is 0.920. The molecule has 1 aliphatic rings. The first-order chi connectivity index (χ1) is 3.50. The summed E-state index contributed by atoms with van der Waals surface area (Å²) in [6.45, 7) is 3.72. The van der Waals surface area contributed by atoms with Gasteiger partial charge in [0.05, 0.1) is 0 Å². The predicted octanol–water partition coefficient (Wildman–Crippen LogP) is 0.474. The Labute approximate surface area is 43.3 Å². The third-order valence-corrected chi connectivity index (χ3v) is 0.849.